The Labute approximate surface area is 186 Å². The Morgan fingerprint density at radius 1 is 1.10 bits per heavy atom. The molecule has 0 N–H and O–H groups in total. The zero-order chi connectivity index (χ0) is 20.5. The fourth-order valence-corrected chi connectivity index (χ4v) is 5.95. The predicted molar refractivity (Wildman–Crippen MR) is 124 cm³/mol. The molecular formula is C22H18N4OS3. The van der Waals surface area contributed by atoms with Crippen LogP contribution in [0.15, 0.2) is 69.4 Å². The Balaban J connectivity index is 1.40. The van der Waals surface area contributed by atoms with Gasteiger partial charge in [0.25, 0.3) is 5.91 Å². The first-order valence-corrected chi connectivity index (χ1v) is 12.3. The summed E-state index contributed by atoms with van der Waals surface area (Å²) >= 11 is 4.78. The second-order valence-corrected chi connectivity index (χ2v) is 9.77. The van der Waals surface area contributed by atoms with Gasteiger partial charge in [0.15, 0.2) is 0 Å². The number of nitrogens with zero attached hydrogens (tertiary/aromatic N) is 4. The van der Waals surface area contributed by atoms with Gasteiger partial charge in [0.05, 0.1) is 27.9 Å². The van der Waals surface area contributed by atoms with E-state index >= 15 is 0 Å². The van der Waals surface area contributed by atoms with Crippen LogP contribution in [0.4, 0.5) is 0 Å². The number of hydrazone groups is 1. The Kier molecular flexibility index (Phi) is 5.37. The molecule has 0 fully saturated rings. The molecule has 1 unspecified atom stereocenters. The van der Waals surface area contributed by atoms with E-state index in [4.69, 9.17) is 5.10 Å². The van der Waals surface area contributed by atoms with Gasteiger partial charge < -0.3 is 0 Å². The van der Waals surface area contributed by atoms with Crippen molar-refractivity contribution in [2.24, 2.45) is 5.10 Å². The van der Waals surface area contributed by atoms with Crippen molar-refractivity contribution in [1.82, 2.24) is 15.0 Å². The summed E-state index contributed by atoms with van der Waals surface area (Å²) < 4.78 is 0. The minimum Gasteiger partial charge on any atom is -0.272 e. The highest BCUT2D eigenvalue weighted by atomic mass is 32.2. The molecule has 5 nitrogen and oxygen atoms in total. The number of amides is 1. The largest absolute Gasteiger partial charge is 0.272 e. The number of hydrogen-bond donors (Lipinski definition) is 0. The van der Waals surface area contributed by atoms with Crippen LogP contribution in [0, 0.1) is 6.92 Å². The van der Waals surface area contributed by atoms with Gasteiger partial charge in [0, 0.05) is 16.7 Å². The van der Waals surface area contributed by atoms with Crippen LogP contribution in [0.25, 0.3) is 10.9 Å². The quantitative estimate of drug-likeness (QED) is 0.296. The molecule has 1 amide bonds. The minimum absolute atomic E-state index is 0.00898. The highest BCUT2D eigenvalue weighted by Crippen LogP contribution is 2.36. The number of fused-ring (bicyclic) bond motifs is 1. The number of thioether (sulfide) groups is 1. The molecule has 0 saturated carbocycles. The van der Waals surface area contributed by atoms with Crippen LogP contribution in [0.1, 0.15) is 28.0 Å². The maximum absolute atomic E-state index is 13.2. The number of aromatic nitrogens is 2. The van der Waals surface area contributed by atoms with Gasteiger partial charge in [0.1, 0.15) is 10.9 Å². The van der Waals surface area contributed by atoms with E-state index in [1.165, 1.54) is 11.8 Å². The molecule has 0 saturated heterocycles. The van der Waals surface area contributed by atoms with Gasteiger partial charge in [-0.15, -0.1) is 22.7 Å². The highest BCUT2D eigenvalue weighted by molar-refractivity contribution is 8.00. The molecule has 4 heterocycles. The van der Waals surface area contributed by atoms with Crippen molar-refractivity contribution in [3.8, 4) is 0 Å². The smallest absolute Gasteiger partial charge is 0.253 e. The molecule has 0 spiro atoms. The molecule has 30 heavy (non-hydrogen) atoms. The first-order chi connectivity index (χ1) is 14.7. The van der Waals surface area contributed by atoms with Gasteiger partial charge in [-0.3, -0.25) is 4.79 Å². The maximum Gasteiger partial charge on any atom is 0.253 e. The minimum atomic E-state index is -0.0425. The van der Waals surface area contributed by atoms with Crippen molar-refractivity contribution < 1.29 is 4.79 Å². The van der Waals surface area contributed by atoms with E-state index in [2.05, 4.69) is 22.1 Å². The number of carbonyl (C=O) groups excluding carboxylic acids is 1. The number of carbonyl (C=O) groups is 1. The lowest BCUT2D eigenvalue weighted by atomic mass is 10.1. The van der Waals surface area contributed by atoms with Crippen molar-refractivity contribution >= 4 is 57.0 Å². The highest BCUT2D eigenvalue weighted by Gasteiger charge is 2.34. The van der Waals surface area contributed by atoms with E-state index in [-0.39, 0.29) is 17.7 Å². The van der Waals surface area contributed by atoms with Crippen LogP contribution in [-0.4, -0.2) is 32.3 Å². The monoisotopic (exact) mass is 450 g/mol. The van der Waals surface area contributed by atoms with Gasteiger partial charge >= 0.3 is 0 Å². The van der Waals surface area contributed by atoms with Gasteiger partial charge in [-0.2, -0.15) is 5.10 Å². The van der Waals surface area contributed by atoms with Gasteiger partial charge in [0.2, 0.25) is 0 Å². The third kappa shape index (κ3) is 3.78. The van der Waals surface area contributed by atoms with E-state index in [1.807, 2.05) is 54.1 Å². The molecular weight excluding hydrogens is 432 g/mol. The molecule has 1 aromatic carbocycles. The van der Waals surface area contributed by atoms with Crippen LogP contribution < -0.4 is 0 Å². The molecule has 0 aliphatic carbocycles. The summed E-state index contributed by atoms with van der Waals surface area (Å²) in [6.07, 6.45) is 0.743. The number of hydrogen-bond acceptors (Lipinski definition) is 7. The van der Waals surface area contributed by atoms with Crippen molar-refractivity contribution in [2.45, 2.75) is 24.4 Å². The molecule has 3 aromatic heterocycles. The van der Waals surface area contributed by atoms with E-state index in [0.717, 1.165) is 37.8 Å². The third-order valence-electron chi connectivity index (χ3n) is 4.86. The third-order valence-corrected chi connectivity index (χ3v) is 7.72. The molecule has 0 bridgehead atoms. The number of benzene rings is 1. The summed E-state index contributed by atoms with van der Waals surface area (Å²) in [5.74, 6) is 0.980. The van der Waals surface area contributed by atoms with E-state index in [0.29, 0.717) is 5.82 Å². The number of para-hydroxylation sites is 1. The molecule has 4 aromatic rings. The molecule has 1 aliphatic rings. The summed E-state index contributed by atoms with van der Waals surface area (Å²) in [7, 11) is 0. The van der Waals surface area contributed by atoms with Crippen molar-refractivity contribution in [3.05, 3.63) is 74.9 Å². The number of thiophene rings is 2. The van der Waals surface area contributed by atoms with Crippen molar-refractivity contribution in [1.29, 1.82) is 0 Å². The summed E-state index contributed by atoms with van der Waals surface area (Å²) in [6.45, 7) is 1.88. The van der Waals surface area contributed by atoms with Crippen LogP contribution in [0.3, 0.4) is 0 Å². The standard InChI is InChI=1S/C22H18N4OS3/c1-14-23-16-7-3-2-6-15(16)22(24-14)30-13-21(27)26-18(20-9-5-11-29-20)12-17(25-26)19-8-4-10-28-19/h2-11,18H,12-13H2,1H3. The normalized spacial score (nSPS) is 16.2. The molecule has 1 atom stereocenters. The Bertz CT molecular complexity index is 1220. The Morgan fingerprint density at radius 2 is 1.93 bits per heavy atom. The second-order valence-electron chi connectivity index (χ2n) is 6.88. The van der Waals surface area contributed by atoms with Crippen LogP contribution >= 0.6 is 34.4 Å². The number of rotatable bonds is 5. The number of aryl methyl sites for hydroxylation is 1. The molecule has 5 rings (SSSR count). The first-order valence-electron chi connectivity index (χ1n) is 9.52. The lowest BCUT2D eigenvalue weighted by Crippen LogP contribution is -2.28. The SMILES string of the molecule is Cc1nc(SCC(=O)N2N=C(c3cccs3)CC2c2cccs2)c2ccccc2n1. The Hall–Kier alpha value is -2.55. The van der Waals surface area contributed by atoms with Gasteiger partial charge in [-0.05, 0) is 35.9 Å². The molecule has 1 aliphatic heterocycles. The maximum atomic E-state index is 13.2. The van der Waals surface area contributed by atoms with E-state index < -0.39 is 0 Å². The molecule has 0 radical (unpaired) electrons. The van der Waals surface area contributed by atoms with Crippen molar-refractivity contribution in [2.75, 3.05) is 5.75 Å². The van der Waals surface area contributed by atoms with Crippen LogP contribution in [-0.2, 0) is 4.79 Å². The summed E-state index contributed by atoms with van der Waals surface area (Å²) in [4.78, 5) is 24.6. The lowest BCUT2D eigenvalue weighted by Gasteiger charge is -2.20. The Morgan fingerprint density at radius 3 is 2.73 bits per heavy atom. The zero-order valence-electron chi connectivity index (χ0n) is 16.2. The average molecular weight is 451 g/mol. The second kappa shape index (κ2) is 8.29. The lowest BCUT2D eigenvalue weighted by molar-refractivity contribution is -0.130. The average Bonchev–Trinajstić information content (AvgIpc) is 3.52. The molecule has 8 heteroatoms. The summed E-state index contributed by atoms with van der Waals surface area (Å²) in [5.41, 5.74) is 1.88. The molecule has 150 valence electrons. The predicted octanol–water partition coefficient (Wildman–Crippen LogP) is 5.53. The van der Waals surface area contributed by atoms with E-state index in [9.17, 15) is 4.79 Å². The van der Waals surface area contributed by atoms with Crippen LogP contribution in [0.5, 0.6) is 0 Å². The summed E-state index contributed by atoms with van der Waals surface area (Å²) in [6, 6.07) is 16.0. The van der Waals surface area contributed by atoms with Crippen LogP contribution in [0.2, 0.25) is 0 Å². The van der Waals surface area contributed by atoms with Gasteiger partial charge in [-0.25, -0.2) is 15.0 Å². The zero-order valence-corrected chi connectivity index (χ0v) is 18.6. The van der Waals surface area contributed by atoms with E-state index in [1.54, 1.807) is 27.7 Å². The van der Waals surface area contributed by atoms with Crippen molar-refractivity contribution in [3.63, 3.8) is 0 Å². The first kappa shape index (κ1) is 19.4. The summed E-state index contributed by atoms with van der Waals surface area (Å²) in [5, 5.41) is 12.3. The fourth-order valence-electron chi connectivity index (χ4n) is 3.50. The topological polar surface area (TPSA) is 58.5 Å². The fraction of sp³-hybridized carbons (Fsp3) is 0.182. The van der Waals surface area contributed by atoms with Gasteiger partial charge in [-0.1, -0.05) is 42.1 Å².